The van der Waals surface area contributed by atoms with E-state index in [0.29, 0.717) is 37.1 Å². The summed E-state index contributed by atoms with van der Waals surface area (Å²) in [6.45, 7) is 4.59. The molecule has 0 radical (unpaired) electrons. The van der Waals surface area contributed by atoms with Crippen LogP contribution in [0.25, 0.3) is 0 Å². The maximum Gasteiger partial charge on any atom is 0.309 e. The summed E-state index contributed by atoms with van der Waals surface area (Å²) in [5.74, 6) is -1.49. The molecule has 3 rings (SSSR count). The van der Waals surface area contributed by atoms with Crippen LogP contribution in [-0.2, 0) is 22.4 Å². The van der Waals surface area contributed by atoms with Crippen LogP contribution >= 0.6 is 0 Å². The van der Waals surface area contributed by atoms with E-state index in [4.69, 9.17) is 4.74 Å². The Morgan fingerprint density at radius 1 is 1.00 bits per heavy atom. The Morgan fingerprint density at radius 3 is 2.29 bits per heavy atom. The summed E-state index contributed by atoms with van der Waals surface area (Å²) in [6, 6.07) is 11.3. The van der Waals surface area contributed by atoms with Gasteiger partial charge in [0.05, 0.1) is 5.92 Å². The lowest BCUT2D eigenvalue weighted by molar-refractivity contribution is -0.148. The number of ketones is 1. The van der Waals surface area contributed by atoms with Crippen LogP contribution < -0.4 is 0 Å². The molecule has 0 N–H and O–H groups in total. The van der Waals surface area contributed by atoms with Gasteiger partial charge in [0.15, 0.2) is 6.61 Å². The summed E-state index contributed by atoms with van der Waals surface area (Å²) in [5.41, 5.74) is 3.07. The highest BCUT2D eigenvalue weighted by molar-refractivity contribution is 5.99. The van der Waals surface area contributed by atoms with Crippen molar-refractivity contribution in [2.24, 2.45) is 5.92 Å². The number of piperidine rings is 1. The van der Waals surface area contributed by atoms with Gasteiger partial charge in [0, 0.05) is 24.2 Å². The molecule has 0 unspecified atom stereocenters. The van der Waals surface area contributed by atoms with Crippen molar-refractivity contribution < 1.29 is 23.5 Å². The molecule has 2 aromatic rings. The topological polar surface area (TPSA) is 63.7 Å². The van der Waals surface area contributed by atoms with Gasteiger partial charge in [0.1, 0.15) is 5.82 Å². The number of hydrogen-bond acceptors (Lipinski definition) is 4. The smallest absolute Gasteiger partial charge is 0.309 e. The first-order valence-electron chi connectivity index (χ1n) is 10.8. The number of rotatable bonds is 7. The van der Waals surface area contributed by atoms with Crippen LogP contribution in [0, 0.1) is 11.7 Å². The maximum atomic E-state index is 13.1. The number of hydrogen-bond donors (Lipinski definition) is 0. The summed E-state index contributed by atoms with van der Waals surface area (Å²) >= 11 is 0. The van der Waals surface area contributed by atoms with E-state index >= 15 is 0 Å². The van der Waals surface area contributed by atoms with Gasteiger partial charge in [0.25, 0.3) is 5.91 Å². The Labute approximate surface area is 182 Å². The van der Waals surface area contributed by atoms with E-state index in [0.717, 1.165) is 24.0 Å². The zero-order chi connectivity index (χ0) is 22.4. The van der Waals surface area contributed by atoms with Crippen LogP contribution in [0.3, 0.4) is 0 Å². The minimum absolute atomic E-state index is 0.176. The molecule has 0 bridgehead atoms. The van der Waals surface area contributed by atoms with E-state index < -0.39 is 5.97 Å². The van der Waals surface area contributed by atoms with E-state index in [2.05, 4.69) is 0 Å². The number of ether oxygens (including phenoxy) is 1. The van der Waals surface area contributed by atoms with E-state index in [1.807, 2.05) is 32.0 Å². The predicted octanol–water partition coefficient (Wildman–Crippen LogP) is 4.23. The zero-order valence-electron chi connectivity index (χ0n) is 18.0. The van der Waals surface area contributed by atoms with Gasteiger partial charge >= 0.3 is 5.97 Å². The number of Topliss-reactive ketones (excluding diaryl/α,β-unsaturated/α-hetero) is 1. The molecule has 5 nitrogen and oxygen atoms in total. The third kappa shape index (κ3) is 5.57. The van der Waals surface area contributed by atoms with Crippen LogP contribution in [-0.4, -0.2) is 42.3 Å². The van der Waals surface area contributed by atoms with Gasteiger partial charge in [-0.2, -0.15) is 0 Å². The summed E-state index contributed by atoms with van der Waals surface area (Å²) in [4.78, 5) is 39.3. The molecule has 164 valence electrons. The van der Waals surface area contributed by atoms with Crippen molar-refractivity contribution in [2.75, 3.05) is 19.7 Å². The van der Waals surface area contributed by atoms with Crippen molar-refractivity contribution in [3.63, 3.8) is 0 Å². The minimum atomic E-state index is -0.396. The molecule has 1 saturated heterocycles. The Hall–Kier alpha value is -3.02. The van der Waals surface area contributed by atoms with Gasteiger partial charge in [0.2, 0.25) is 5.78 Å². The molecule has 1 fully saturated rings. The average molecular weight is 426 g/mol. The van der Waals surface area contributed by atoms with Gasteiger partial charge < -0.3 is 9.64 Å². The molecule has 1 heterocycles. The third-order valence-electron chi connectivity index (χ3n) is 5.82. The van der Waals surface area contributed by atoms with Crippen LogP contribution in [0.4, 0.5) is 4.39 Å². The lowest BCUT2D eigenvalue weighted by Crippen LogP contribution is -2.40. The maximum absolute atomic E-state index is 13.1. The van der Waals surface area contributed by atoms with Crippen molar-refractivity contribution in [3.05, 3.63) is 70.5 Å². The first-order valence-corrected chi connectivity index (χ1v) is 10.8. The molecule has 0 aliphatic carbocycles. The Bertz CT molecular complexity index is 946. The molecule has 31 heavy (non-hydrogen) atoms. The SMILES string of the molecule is CCc1ccc(CC)c(C(=O)COC(=O)C2CCN(C(=O)c3ccc(F)cc3)CC2)c1. The number of likely N-dealkylation sites (tertiary alicyclic amines) is 1. The second kappa shape index (κ2) is 10.3. The van der Waals surface area contributed by atoms with Crippen molar-refractivity contribution >= 4 is 17.7 Å². The number of esters is 1. The molecule has 6 heteroatoms. The normalized spacial score (nSPS) is 14.4. The number of halogens is 1. The van der Waals surface area contributed by atoms with Crippen molar-refractivity contribution in [2.45, 2.75) is 39.5 Å². The fraction of sp³-hybridized carbons (Fsp3) is 0.400. The van der Waals surface area contributed by atoms with Crippen LogP contribution in [0.15, 0.2) is 42.5 Å². The van der Waals surface area contributed by atoms with Crippen molar-refractivity contribution in [1.29, 1.82) is 0 Å². The predicted molar refractivity (Wildman–Crippen MR) is 116 cm³/mol. The minimum Gasteiger partial charge on any atom is -0.457 e. The fourth-order valence-electron chi connectivity index (χ4n) is 3.84. The molecule has 1 aliphatic rings. The van der Waals surface area contributed by atoms with Crippen LogP contribution in [0.1, 0.15) is 58.5 Å². The molecule has 0 aromatic heterocycles. The van der Waals surface area contributed by atoms with Crippen LogP contribution in [0.2, 0.25) is 0 Å². The first-order chi connectivity index (χ1) is 14.9. The Kier molecular flexibility index (Phi) is 7.55. The quantitative estimate of drug-likeness (QED) is 0.492. The number of aryl methyl sites for hydroxylation is 2. The number of nitrogens with zero attached hydrogens (tertiary/aromatic N) is 1. The highest BCUT2D eigenvalue weighted by atomic mass is 19.1. The molecule has 1 aliphatic heterocycles. The van der Waals surface area contributed by atoms with Crippen LogP contribution in [0.5, 0.6) is 0 Å². The van der Waals surface area contributed by atoms with E-state index in [1.54, 1.807) is 4.90 Å². The van der Waals surface area contributed by atoms with Gasteiger partial charge in [-0.1, -0.05) is 26.0 Å². The second-order valence-corrected chi connectivity index (χ2v) is 7.80. The van der Waals surface area contributed by atoms with E-state index in [-0.39, 0.29) is 30.0 Å². The third-order valence-corrected chi connectivity index (χ3v) is 5.82. The lowest BCUT2D eigenvalue weighted by atomic mass is 9.96. The van der Waals surface area contributed by atoms with Gasteiger partial charge in [-0.3, -0.25) is 14.4 Å². The Morgan fingerprint density at radius 2 is 1.68 bits per heavy atom. The van der Waals surface area contributed by atoms with Crippen molar-refractivity contribution in [1.82, 2.24) is 4.90 Å². The first kappa shape index (κ1) is 22.7. The zero-order valence-corrected chi connectivity index (χ0v) is 18.0. The summed E-state index contributed by atoms with van der Waals surface area (Å²) in [7, 11) is 0. The highest BCUT2D eigenvalue weighted by Gasteiger charge is 2.29. The number of carbonyl (C=O) groups is 3. The monoisotopic (exact) mass is 425 g/mol. The molecule has 1 amide bonds. The highest BCUT2D eigenvalue weighted by Crippen LogP contribution is 2.21. The number of carbonyl (C=O) groups excluding carboxylic acids is 3. The van der Waals surface area contributed by atoms with Gasteiger partial charge in [-0.05, 0) is 67.1 Å². The van der Waals surface area contributed by atoms with E-state index in [9.17, 15) is 18.8 Å². The molecule has 0 spiro atoms. The van der Waals surface area contributed by atoms with Crippen molar-refractivity contribution in [3.8, 4) is 0 Å². The fourth-order valence-corrected chi connectivity index (χ4v) is 3.84. The summed E-state index contributed by atoms with van der Waals surface area (Å²) in [6.07, 6.45) is 2.52. The van der Waals surface area contributed by atoms with Gasteiger partial charge in [-0.25, -0.2) is 4.39 Å². The molecular formula is C25H28FNO4. The van der Waals surface area contributed by atoms with Gasteiger partial charge in [-0.15, -0.1) is 0 Å². The number of amides is 1. The largest absolute Gasteiger partial charge is 0.457 e. The number of benzene rings is 2. The summed E-state index contributed by atoms with van der Waals surface area (Å²) in [5, 5.41) is 0. The molecule has 2 aromatic carbocycles. The average Bonchev–Trinajstić information content (AvgIpc) is 2.82. The van der Waals surface area contributed by atoms with E-state index in [1.165, 1.54) is 24.3 Å². The summed E-state index contributed by atoms with van der Waals surface area (Å²) < 4.78 is 18.4. The standard InChI is InChI=1S/C25H28FNO4/c1-3-17-5-6-18(4-2)22(15-17)23(28)16-31-25(30)20-11-13-27(14-12-20)24(29)19-7-9-21(26)10-8-19/h5-10,15,20H,3-4,11-14,16H2,1-2H3. The second-order valence-electron chi connectivity index (χ2n) is 7.80. The Balaban J connectivity index is 1.52. The molecular weight excluding hydrogens is 397 g/mol. The molecule has 0 saturated carbocycles. The lowest BCUT2D eigenvalue weighted by Gasteiger charge is -2.31. The molecule has 0 atom stereocenters.